The van der Waals surface area contributed by atoms with Crippen molar-refractivity contribution in [2.75, 3.05) is 6.54 Å². The molecule has 1 atom stereocenters. The van der Waals surface area contributed by atoms with Crippen molar-refractivity contribution in [3.05, 3.63) is 63.4 Å². The van der Waals surface area contributed by atoms with Crippen LogP contribution in [-0.2, 0) is 13.0 Å². The Hall–Kier alpha value is -2.15. The minimum absolute atomic E-state index is 0.0804. The monoisotopic (exact) mass is 402 g/mol. The number of carbonyl (C=O) groups is 1. The van der Waals surface area contributed by atoms with E-state index in [2.05, 4.69) is 22.5 Å². The summed E-state index contributed by atoms with van der Waals surface area (Å²) >= 11 is 7.67. The number of aryl methyl sites for hydroxylation is 2. The molecule has 2 aromatic heterocycles. The highest BCUT2D eigenvalue weighted by Crippen LogP contribution is 2.35. The van der Waals surface area contributed by atoms with Gasteiger partial charge in [0.15, 0.2) is 0 Å². The van der Waals surface area contributed by atoms with Crippen LogP contribution in [0.4, 0.5) is 0 Å². The van der Waals surface area contributed by atoms with Gasteiger partial charge in [-0.3, -0.25) is 9.48 Å². The third-order valence-corrected chi connectivity index (χ3v) is 5.80. The Balaban J connectivity index is 1.67. The number of benzene rings is 1. The number of carbonyl (C=O) groups excluding carboxylic acids is 1. The van der Waals surface area contributed by atoms with Gasteiger partial charge in [-0.25, -0.2) is 0 Å². The van der Waals surface area contributed by atoms with Gasteiger partial charge in [0.05, 0.1) is 10.6 Å². The third-order valence-electron chi connectivity index (χ3n) is 4.45. The fraction of sp³-hybridized carbons (Fsp3) is 0.300. The number of amides is 1. The number of nitrogens with one attached hydrogen (secondary N) is 1. The van der Waals surface area contributed by atoms with Gasteiger partial charge in [0.1, 0.15) is 4.34 Å². The summed E-state index contributed by atoms with van der Waals surface area (Å²) in [5, 5.41) is 7.30. The SMILES string of the molecule is CCn1nccc1-c1cc(C(=O)NC(CN)CCc2ccccc2)sc1Cl. The molecule has 0 radical (unpaired) electrons. The van der Waals surface area contributed by atoms with E-state index in [1.54, 1.807) is 6.20 Å². The van der Waals surface area contributed by atoms with Crippen molar-refractivity contribution in [1.29, 1.82) is 0 Å². The molecule has 0 saturated heterocycles. The number of nitrogens with zero attached hydrogens (tertiary/aromatic N) is 2. The summed E-state index contributed by atoms with van der Waals surface area (Å²) in [6.45, 7) is 3.15. The van der Waals surface area contributed by atoms with Gasteiger partial charge >= 0.3 is 0 Å². The summed E-state index contributed by atoms with van der Waals surface area (Å²) < 4.78 is 2.45. The number of thiophene rings is 1. The molecule has 0 aliphatic rings. The summed E-state index contributed by atoms with van der Waals surface area (Å²) in [5.74, 6) is -0.140. The highest BCUT2D eigenvalue weighted by Gasteiger charge is 2.19. The molecule has 3 N–H and O–H groups in total. The van der Waals surface area contributed by atoms with Crippen molar-refractivity contribution in [2.24, 2.45) is 5.73 Å². The molecular formula is C20H23ClN4OS. The van der Waals surface area contributed by atoms with Crippen LogP contribution in [0.1, 0.15) is 28.6 Å². The number of nitrogens with two attached hydrogens (primary N) is 1. The van der Waals surface area contributed by atoms with Crippen LogP contribution in [0, 0.1) is 0 Å². The normalized spacial score (nSPS) is 12.1. The van der Waals surface area contributed by atoms with E-state index in [0.717, 1.165) is 30.6 Å². The van der Waals surface area contributed by atoms with Gasteiger partial charge in [0.25, 0.3) is 5.91 Å². The summed E-state index contributed by atoms with van der Waals surface area (Å²) in [5.41, 5.74) is 8.85. The molecule has 3 rings (SSSR count). The van der Waals surface area contributed by atoms with E-state index in [1.807, 2.05) is 41.9 Å². The first-order valence-corrected chi connectivity index (χ1v) is 10.2. The van der Waals surface area contributed by atoms with E-state index in [4.69, 9.17) is 17.3 Å². The average molecular weight is 403 g/mol. The van der Waals surface area contributed by atoms with Crippen molar-refractivity contribution in [2.45, 2.75) is 32.4 Å². The maximum atomic E-state index is 12.7. The molecule has 1 aromatic carbocycles. The molecular weight excluding hydrogens is 380 g/mol. The largest absolute Gasteiger partial charge is 0.347 e. The number of aromatic nitrogens is 2. The minimum atomic E-state index is -0.140. The van der Waals surface area contributed by atoms with E-state index in [-0.39, 0.29) is 11.9 Å². The van der Waals surface area contributed by atoms with Crippen molar-refractivity contribution < 1.29 is 4.79 Å². The highest BCUT2D eigenvalue weighted by molar-refractivity contribution is 7.18. The van der Waals surface area contributed by atoms with Crippen molar-refractivity contribution in [3.8, 4) is 11.3 Å². The topological polar surface area (TPSA) is 72.9 Å². The molecule has 0 saturated carbocycles. The summed E-state index contributed by atoms with van der Waals surface area (Å²) in [7, 11) is 0. The van der Waals surface area contributed by atoms with Gasteiger partial charge in [0, 0.05) is 30.9 Å². The standard InChI is InChI=1S/C20H23ClN4OS/c1-2-25-17(10-11-23-25)16-12-18(27-19(16)21)20(26)24-15(13-22)9-8-14-6-4-3-5-7-14/h3-7,10-12,15H,2,8-9,13,22H2,1H3,(H,24,26). The number of hydrogen-bond acceptors (Lipinski definition) is 4. The zero-order chi connectivity index (χ0) is 19.2. The molecule has 0 aliphatic carbocycles. The van der Waals surface area contributed by atoms with Crippen LogP contribution in [0.2, 0.25) is 4.34 Å². The molecule has 7 heteroatoms. The maximum absolute atomic E-state index is 12.7. The van der Waals surface area contributed by atoms with E-state index >= 15 is 0 Å². The summed E-state index contributed by atoms with van der Waals surface area (Å²) in [4.78, 5) is 13.3. The van der Waals surface area contributed by atoms with Crippen molar-refractivity contribution in [1.82, 2.24) is 15.1 Å². The molecule has 5 nitrogen and oxygen atoms in total. The van der Waals surface area contributed by atoms with Crippen LogP contribution in [0.5, 0.6) is 0 Å². The van der Waals surface area contributed by atoms with E-state index in [0.29, 0.717) is 15.8 Å². The van der Waals surface area contributed by atoms with Crippen LogP contribution in [0.25, 0.3) is 11.3 Å². The Bertz CT molecular complexity index is 891. The number of hydrogen-bond donors (Lipinski definition) is 2. The predicted octanol–water partition coefficient (Wildman–Crippen LogP) is 3.97. The van der Waals surface area contributed by atoms with E-state index in [1.165, 1.54) is 16.9 Å². The zero-order valence-electron chi connectivity index (χ0n) is 15.2. The average Bonchev–Trinajstić information content (AvgIpc) is 3.31. The molecule has 3 aromatic rings. The van der Waals surface area contributed by atoms with Gasteiger partial charge in [0.2, 0.25) is 0 Å². The Morgan fingerprint density at radius 1 is 1.33 bits per heavy atom. The molecule has 27 heavy (non-hydrogen) atoms. The Morgan fingerprint density at radius 3 is 2.81 bits per heavy atom. The molecule has 0 bridgehead atoms. The Labute approximate surface area is 168 Å². The molecule has 1 amide bonds. The van der Waals surface area contributed by atoms with Crippen LogP contribution >= 0.6 is 22.9 Å². The second-order valence-electron chi connectivity index (χ2n) is 6.26. The predicted molar refractivity (Wildman–Crippen MR) is 111 cm³/mol. The lowest BCUT2D eigenvalue weighted by atomic mass is 10.1. The fourth-order valence-corrected chi connectivity index (χ4v) is 4.16. The first kappa shape index (κ1) is 19.6. The van der Waals surface area contributed by atoms with Crippen LogP contribution in [0.15, 0.2) is 48.7 Å². The Kier molecular flexibility index (Phi) is 6.66. The smallest absolute Gasteiger partial charge is 0.261 e. The maximum Gasteiger partial charge on any atom is 0.261 e. The van der Waals surface area contributed by atoms with Gasteiger partial charge in [-0.1, -0.05) is 41.9 Å². The lowest BCUT2D eigenvalue weighted by Crippen LogP contribution is -2.40. The lowest BCUT2D eigenvalue weighted by molar-refractivity contribution is 0.0940. The van der Waals surface area contributed by atoms with Crippen LogP contribution in [-0.4, -0.2) is 28.3 Å². The number of rotatable bonds is 8. The molecule has 142 valence electrons. The van der Waals surface area contributed by atoms with E-state index in [9.17, 15) is 4.79 Å². The van der Waals surface area contributed by atoms with Gasteiger partial charge in [-0.2, -0.15) is 5.10 Å². The van der Waals surface area contributed by atoms with Crippen molar-refractivity contribution >= 4 is 28.8 Å². The number of halogens is 1. The Morgan fingerprint density at radius 2 is 2.11 bits per heavy atom. The lowest BCUT2D eigenvalue weighted by Gasteiger charge is -2.16. The second kappa shape index (κ2) is 9.17. The minimum Gasteiger partial charge on any atom is -0.347 e. The first-order valence-electron chi connectivity index (χ1n) is 8.98. The highest BCUT2D eigenvalue weighted by atomic mass is 35.5. The first-order chi connectivity index (χ1) is 13.1. The van der Waals surface area contributed by atoms with Gasteiger partial charge in [-0.15, -0.1) is 11.3 Å². The molecule has 0 aliphatic heterocycles. The molecule has 2 heterocycles. The van der Waals surface area contributed by atoms with E-state index < -0.39 is 0 Å². The van der Waals surface area contributed by atoms with Crippen molar-refractivity contribution in [3.63, 3.8) is 0 Å². The van der Waals surface area contributed by atoms with Crippen LogP contribution in [0.3, 0.4) is 0 Å². The fourth-order valence-electron chi connectivity index (χ4n) is 2.96. The third kappa shape index (κ3) is 4.77. The molecule has 0 spiro atoms. The molecule has 1 unspecified atom stereocenters. The van der Waals surface area contributed by atoms with Gasteiger partial charge in [-0.05, 0) is 37.5 Å². The summed E-state index contributed by atoms with van der Waals surface area (Å²) in [6.07, 6.45) is 3.40. The van der Waals surface area contributed by atoms with Gasteiger partial charge < -0.3 is 11.1 Å². The second-order valence-corrected chi connectivity index (χ2v) is 7.91. The van der Waals surface area contributed by atoms with Crippen LogP contribution < -0.4 is 11.1 Å². The zero-order valence-corrected chi connectivity index (χ0v) is 16.8. The summed E-state index contributed by atoms with van der Waals surface area (Å²) in [6, 6.07) is 13.8. The quantitative estimate of drug-likeness (QED) is 0.598. The molecule has 0 fully saturated rings.